The highest BCUT2D eigenvalue weighted by atomic mass is 19.4. The molecule has 0 fully saturated rings. The van der Waals surface area contributed by atoms with E-state index in [1.807, 2.05) is 47.6 Å². The summed E-state index contributed by atoms with van der Waals surface area (Å²) in [6, 6.07) is 10.1. The molecule has 170 valence electrons. The molecule has 0 radical (unpaired) electrons. The molecule has 2 aromatic carbocycles. The van der Waals surface area contributed by atoms with Gasteiger partial charge in [-0.2, -0.15) is 13.2 Å². The molecule has 0 bridgehead atoms. The number of hydrogen-bond acceptors (Lipinski definition) is 3. The summed E-state index contributed by atoms with van der Waals surface area (Å²) in [7, 11) is 0. The van der Waals surface area contributed by atoms with Crippen LogP contribution in [0.3, 0.4) is 0 Å². The van der Waals surface area contributed by atoms with Crippen molar-refractivity contribution in [2.75, 3.05) is 0 Å². The number of benzene rings is 2. The normalized spacial score (nSPS) is 12.7. The first-order chi connectivity index (χ1) is 14.6. The maximum atomic E-state index is 13.0. The van der Waals surface area contributed by atoms with Crippen molar-refractivity contribution in [2.45, 2.75) is 58.7 Å². The molecule has 0 spiro atoms. The number of amides is 1. The van der Waals surface area contributed by atoms with E-state index in [1.165, 1.54) is 12.1 Å². The third-order valence-corrected chi connectivity index (χ3v) is 4.71. The van der Waals surface area contributed by atoms with Gasteiger partial charge in [0.2, 0.25) is 0 Å². The Bertz CT molecular complexity index is 1120. The van der Waals surface area contributed by atoms with Crippen LogP contribution in [-0.4, -0.2) is 26.2 Å². The summed E-state index contributed by atoms with van der Waals surface area (Å²) in [5, 5.41) is 11.2. The maximum absolute atomic E-state index is 13.0. The molecule has 5 nitrogen and oxygen atoms in total. The highest BCUT2D eigenvalue weighted by molar-refractivity contribution is 5.96. The molecule has 1 N–H and O–H groups in total. The first-order valence-electron chi connectivity index (χ1n) is 10.2. The summed E-state index contributed by atoms with van der Waals surface area (Å²) in [5.41, 5.74) is 0.733. The molecule has 32 heavy (non-hydrogen) atoms. The number of carbonyl (C=O) groups excluding carboxylic acids is 1. The van der Waals surface area contributed by atoms with E-state index < -0.39 is 17.3 Å². The number of halogens is 3. The van der Waals surface area contributed by atoms with Gasteiger partial charge >= 0.3 is 6.18 Å². The van der Waals surface area contributed by atoms with Gasteiger partial charge in [0, 0.05) is 22.2 Å². The Balaban J connectivity index is 2.16. The van der Waals surface area contributed by atoms with Crippen molar-refractivity contribution in [1.29, 1.82) is 0 Å². The Hall–Kier alpha value is -3.16. The van der Waals surface area contributed by atoms with Gasteiger partial charge in [-0.3, -0.25) is 9.36 Å². The highest BCUT2D eigenvalue weighted by Crippen LogP contribution is 2.32. The predicted molar refractivity (Wildman–Crippen MR) is 118 cm³/mol. The van der Waals surface area contributed by atoms with Crippen LogP contribution in [0.25, 0.3) is 16.8 Å². The van der Waals surface area contributed by atoms with E-state index in [1.54, 1.807) is 23.0 Å². The molecular weight excluding hydrogens is 417 g/mol. The Morgan fingerprint density at radius 1 is 0.906 bits per heavy atom. The smallest absolute Gasteiger partial charge is 0.347 e. The van der Waals surface area contributed by atoms with Crippen LogP contribution in [0.4, 0.5) is 13.2 Å². The van der Waals surface area contributed by atoms with Crippen LogP contribution in [0.1, 0.15) is 63.3 Å². The van der Waals surface area contributed by atoms with E-state index in [-0.39, 0.29) is 11.3 Å². The fourth-order valence-corrected chi connectivity index (χ4v) is 3.25. The standard InChI is InChI=1S/C24H27F3N4O/c1-22(2,3)21-30-28-14-31(21)19-12-16(11-17(13-19)20(32)29-23(4,5)6)15-7-9-18(10-8-15)24(25,26)27/h7-14H,1-6H3,(H,29,32). The van der Waals surface area contributed by atoms with E-state index in [9.17, 15) is 18.0 Å². The topological polar surface area (TPSA) is 59.8 Å². The zero-order valence-electron chi connectivity index (χ0n) is 19.0. The lowest BCUT2D eigenvalue weighted by Gasteiger charge is -2.22. The molecule has 0 atom stereocenters. The van der Waals surface area contributed by atoms with Crippen LogP contribution in [0.15, 0.2) is 48.8 Å². The molecule has 0 saturated heterocycles. The number of nitrogens with zero attached hydrogens (tertiary/aromatic N) is 3. The molecule has 0 unspecified atom stereocenters. The Kier molecular flexibility index (Phi) is 5.93. The van der Waals surface area contributed by atoms with Crippen molar-refractivity contribution >= 4 is 5.91 Å². The van der Waals surface area contributed by atoms with Crippen molar-refractivity contribution in [3.05, 3.63) is 65.7 Å². The minimum atomic E-state index is -4.41. The van der Waals surface area contributed by atoms with Crippen LogP contribution in [-0.2, 0) is 11.6 Å². The third-order valence-electron chi connectivity index (χ3n) is 4.71. The molecule has 1 heterocycles. The van der Waals surface area contributed by atoms with Gasteiger partial charge < -0.3 is 5.32 Å². The van der Waals surface area contributed by atoms with Gasteiger partial charge in [-0.25, -0.2) is 0 Å². The fourth-order valence-electron chi connectivity index (χ4n) is 3.25. The molecule has 0 aliphatic rings. The molecule has 0 aliphatic heterocycles. The van der Waals surface area contributed by atoms with Gasteiger partial charge in [0.25, 0.3) is 5.91 Å². The number of alkyl halides is 3. The van der Waals surface area contributed by atoms with Crippen LogP contribution in [0, 0.1) is 0 Å². The zero-order valence-corrected chi connectivity index (χ0v) is 19.0. The summed E-state index contributed by atoms with van der Waals surface area (Å²) in [5.74, 6) is 0.419. The third kappa shape index (κ3) is 5.36. The van der Waals surface area contributed by atoms with E-state index >= 15 is 0 Å². The van der Waals surface area contributed by atoms with Crippen LogP contribution in [0.2, 0.25) is 0 Å². The zero-order chi connectivity index (χ0) is 23.9. The maximum Gasteiger partial charge on any atom is 0.416 e. The molecule has 0 saturated carbocycles. The van der Waals surface area contributed by atoms with Gasteiger partial charge in [0.15, 0.2) is 0 Å². The number of aromatic nitrogens is 3. The Morgan fingerprint density at radius 3 is 2.06 bits per heavy atom. The number of rotatable bonds is 3. The van der Waals surface area contributed by atoms with Gasteiger partial charge in [-0.1, -0.05) is 32.9 Å². The van der Waals surface area contributed by atoms with Crippen molar-refractivity contribution in [2.24, 2.45) is 0 Å². The van der Waals surface area contributed by atoms with E-state index in [4.69, 9.17) is 0 Å². The quantitative estimate of drug-likeness (QED) is 0.557. The second kappa shape index (κ2) is 8.07. The molecular formula is C24H27F3N4O. The Morgan fingerprint density at radius 2 is 1.53 bits per heavy atom. The molecule has 0 aliphatic carbocycles. The lowest BCUT2D eigenvalue weighted by molar-refractivity contribution is -0.137. The fraction of sp³-hybridized carbons (Fsp3) is 0.375. The lowest BCUT2D eigenvalue weighted by atomic mass is 9.95. The summed E-state index contributed by atoms with van der Waals surface area (Å²) in [4.78, 5) is 12.9. The lowest BCUT2D eigenvalue weighted by Crippen LogP contribution is -2.40. The number of nitrogens with one attached hydrogen (secondary N) is 1. The van der Waals surface area contributed by atoms with Crippen LogP contribution in [0.5, 0.6) is 0 Å². The number of carbonyl (C=O) groups is 1. The Labute approximate surface area is 185 Å². The molecule has 8 heteroatoms. The minimum absolute atomic E-state index is 0.280. The minimum Gasteiger partial charge on any atom is -0.347 e. The average Bonchev–Trinajstić information content (AvgIpc) is 3.16. The van der Waals surface area contributed by atoms with Crippen molar-refractivity contribution in [3.63, 3.8) is 0 Å². The van der Waals surface area contributed by atoms with Gasteiger partial charge in [0.05, 0.1) is 5.56 Å². The van der Waals surface area contributed by atoms with E-state index in [0.717, 1.165) is 12.1 Å². The SMILES string of the molecule is CC(C)(C)NC(=O)c1cc(-c2ccc(C(F)(F)F)cc2)cc(-n2cnnc2C(C)(C)C)c1. The first-order valence-corrected chi connectivity index (χ1v) is 10.2. The summed E-state index contributed by atoms with van der Waals surface area (Å²) < 4.78 is 40.7. The van der Waals surface area contributed by atoms with Crippen molar-refractivity contribution in [3.8, 4) is 16.8 Å². The monoisotopic (exact) mass is 444 g/mol. The summed E-state index contributed by atoms with van der Waals surface area (Å²) in [6.07, 6.45) is -2.85. The predicted octanol–water partition coefficient (Wildman–Crippen LogP) is 5.78. The van der Waals surface area contributed by atoms with Crippen LogP contribution >= 0.6 is 0 Å². The first kappa shape index (κ1) is 23.5. The van der Waals surface area contributed by atoms with Crippen molar-refractivity contribution in [1.82, 2.24) is 20.1 Å². The summed E-state index contributed by atoms with van der Waals surface area (Å²) in [6.45, 7) is 11.6. The van der Waals surface area contributed by atoms with Crippen molar-refractivity contribution < 1.29 is 18.0 Å². The second-order valence-corrected chi connectivity index (χ2v) is 9.82. The molecule has 3 aromatic rings. The summed E-state index contributed by atoms with van der Waals surface area (Å²) >= 11 is 0. The number of hydrogen-bond donors (Lipinski definition) is 1. The van der Waals surface area contributed by atoms with Gasteiger partial charge in [-0.15, -0.1) is 10.2 Å². The molecule has 1 amide bonds. The van der Waals surface area contributed by atoms with E-state index in [0.29, 0.717) is 28.2 Å². The van der Waals surface area contributed by atoms with Gasteiger partial charge in [0.1, 0.15) is 12.2 Å². The average molecular weight is 445 g/mol. The van der Waals surface area contributed by atoms with Gasteiger partial charge in [-0.05, 0) is 62.2 Å². The second-order valence-electron chi connectivity index (χ2n) is 9.82. The van der Waals surface area contributed by atoms with E-state index in [2.05, 4.69) is 15.5 Å². The largest absolute Gasteiger partial charge is 0.416 e. The van der Waals surface area contributed by atoms with Crippen LogP contribution < -0.4 is 5.32 Å². The molecule has 3 rings (SSSR count). The highest BCUT2D eigenvalue weighted by Gasteiger charge is 2.30. The molecule has 1 aromatic heterocycles.